The topological polar surface area (TPSA) is 73.4 Å². The molecule has 1 amide bonds. The van der Waals surface area contributed by atoms with Gasteiger partial charge in [0.15, 0.2) is 5.82 Å². The molecule has 8 heteroatoms. The van der Waals surface area contributed by atoms with Crippen LogP contribution in [0.1, 0.15) is 24.6 Å². The number of aromatic nitrogens is 2. The van der Waals surface area contributed by atoms with E-state index in [9.17, 15) is 9.18 Å². The van der Waals surface area contributed by atoms with E-state index in [4.69, 9.17) is 0 Å². The molecule has 4 rings (SSSR count). The zero-order chi connectivity index (χ0) is 19.8. The number of carbonyl (C=O) groups excluding carboxylic acids is 1. The van der Waals surface area contributed by atoms with Crippen molar-refractivity contribution >= 4 is 23.4 Å². The number of amides is 1. The summed E-state index contributed by atoms with van der Waals surface area (Å²) in [6.07, 6.45) is 0.990. The summed E-state index contributed by atoms with van der Waals surface area (Å²) >= 11 is 0. The maximum atomic E-state index is 13.1. The number of likely N-dealkylation sites (N-methyl/N-ethyl adjacent to an activating group) is 1. The van der Waals surface area contributed by atoms with Crippen LogP contribution in [0.5, 0.6) is 0 Å². The minimum atomic E-state index is -0.271. The summed E-state index contributed by atoms with van der Waals surface area (Å²) in [6, 6.07) is 6.64. The summed E-state index contributed by atoms with van der Waals surface area (Å²) < 4.78 is 13.1. The van der Waals surface area contributed by atoms with Gasteiger partial charge in [-0.05, 0) is 38.0 Å². The van der Waals surface area contributed by atoms with Gasteiger partial charge >= 0.3 is 0 Å². The molecule has 1 aromatic carbocycles. The van der Waals surface area contributed by atoms with E-state index in [1.165, 1.54) is 12.1 Å². The average molecular weight is 384 g/mol. The number of nitrogens with zero attached hydrogens (tertiary/aromatic N) is 4. The molecule has 0 aliphatic carbocycles. The van der Waals surface area contributed by atoms with E-state index >= 15 is 0 Å². The standard InChI is InChI=1S/C20H25FN6O/c1-12-17-18(26(3)13(2)19(28)24-17)25-20(22-12)23-16-8-9-27(11-16)10-14-4-6-15(21)7-5-14/h4-7,13,16H,8-11H2,1-3H3,(H,24,28)(H,22,23,25)/t13-,16-/m0/s1. The van der Waals surface area contributed by atoms with Crippen LogP contribution >= 0.6 is 0 Å². The van der Waals surface area contributed by atoms with E-state index in [0.717, 1.165) is 43.1 Å². The van der Waals surface area contributed by atoms with Crippen LogP contribution in [0.15, 0.2) is 24.3 Å². The number of anilines is 3. The molecule has 1 aromatic heterocycles. The smallest absolute Gasteiger partial charge is 0.246 e. The number of fused-ring (bicyclic) bond motifs is 1. The third-order valence-corrected chi connectivity index (χ3v) is 5.54. The van der Waals surface area contributed by atoms with Crippen molar-refractivity contribution in [2.75, 3.05) is 35.7 Å². The van der Waals surface area contributed by atoms with Gasteiger partial charge in [-0.25, -0.2) is 9.37 Å². The van der Waals surface area contributed by atoms with Crippen LogP contribution in [0.2, 0.25) is 0 Å². The SMILES string of the molecule is Cc1nc(N[C@H]2CCN(Cc3ccc(F)cc3)C2)nc2c1NC(=O)[C@H](C)N2C. The molecule has 1 saturated heterocycles. The van der Waals surface area contributed by atoms with Crippen LogP contribution in [0, 0.1) is 12.7 Å². The number of benzene rings is 1. The molecule has 7 nitrogen and oxygen atoms in total. The van der Waals surface area contributed by atoms with E-state index in [2.05, 4.69) is 25.5 Å². The van der Waals surface area contributed by atoms with Gasteiger partial charge < -0.3 is 15.5 Å². The lowest BCUT2D eigenvalue weighted by Gasteiger charge is -2.32. The van der Waals surface area contributed by atoms with Gasteiger partial charge in [0.1, 0.15) is 17.5 Å². The number of nitrogens with one attached hydrogen (secondary N) is 2. The molecule has 2 atom stereocenters. The van der Waals surface area contributed by atoms with Crippen molar-refractivity contribution in [2.45, 2.75) is 38.9 Å². The van der Waals surface area contributed by atoms with Gasteiger partial charge in [0, 0.05) is 32.7 Å². The highest BCUT2D eigenvalue weighted by molar-refractivity contribution is 6.03. The lowest BCUT2D eigenvalue weighted by atomic mass is 10.2. The Labute approximate surface area is 164 Å². The van der Waals surface area contributed by atoms with Crippen molar-refractivity contribution in [3.63, 3.8) is 0 Å². The Morgan fingerprint density at radius 2 is 2.04 bits per heavy atom. The number of aryl methyl sites for hydroxylation is 1. The average Bonchev–Trinajstić information content (AvgIpc) is 3.10. The minimum absolute atomic E-state index is 0.0466. The van der Waals surface area contributed by atoms with Gasteiger partial charge in [-0.1, -0.05) is 12.1 Å². The van der Waals surface area contributed by atoms with Crippen molar-refractivity contribution in [3.8, 4) is 0 Å². The van der Waals surface area contributed by atoms with Gasteiger partial charge in [0.2, 0.25) is 11.9 Å². The fourth-order valence-corrected chi connectivity index (χ4v) is 3.74. The van der Waals surface area contributed by atoms with Gasteiger partial charge in [-0.3, -0.25) is 9.69 Å². The van der Waals surface area contributed by atoms with Gasteiger partial charge in [-0.15, -0.1) is 0 Å². The third-order valence-electron chi connectivity index (χ3n) is 5.54. The molecule has 28 heavy (non-hydrogen) atoms. The summed E-state index contributed by atoms with van der Waals surface area (Å²) in [5.41, 5.74) is 2.54. The zero-order valence-electron chi connectivity index (χ0n) is 16.4. The van der Waals surface area contributed by atoms with Crippen LogP contribution in [0.25, 0.3) is 0 Å². The summed E-state index contributed by atoms with van der Waals surface area (Å²) in [5.74, 6) is 1.07. The molecule has 1 fully saturated rings. The summed E-state index contributed by atoms with van der Waals surface area (Å²) in [5, 5.41) is 6.34. The normalized spacial score (nSPS) is 22.1. The van der Waals surface area contributed by atoms with E-state index in [-0.39, 0.29) is 23.8 Å². The van der Waals surface area contributed by atoms with Gasteiger partial charge in [0.05, 0.1) is 5.69 Å². The second kappa shape index (κ2) is 7.35. The quantitative estimate of drug-likeness (QED) is 0.843. The number of rotatable bonds is 4. The maximum absolute atomic E-state index is 13.1. The minimum Gasteiger partial charge on any atom is -0.350 e. The molecule has 0 spiro atoms. The van der Waals surface area contributed by atoms with Crippen molar-refractivity contribution in [1.29, 1.82) is 0 Å². The molecule has 2 N–H and O–H groups in total. The highest BCUT2D eigenvalue weighted by Crippen LogP contribution is 2.32. The van der Waals surface area contributed by atoms with Crippen molar-refractivity contribution < 1.29 is 9.18 Å². The molecular formula is C20H25FN6O. The molecule has 2 aliphatic rings. The van der Waals surface area contributed by atoms with Crippen LogP contribution in [0.3, 0.4) is 0 Å². The van der Waals surface area contributed by atoms with Crippen LogP contribution in [-0.4, -0.2) is 53.0 Å². The van der Waals surface area contributed by atoms with E-state index < -0.39 is 0 Å². The second-order valence-electron chi connectivity index (χ2n) is 7.60. The molecular weight excluding hydrogens is 359 g/mol. The summed E-state index contributed by atoms with van der Waals surface area (Å²) in [7, 11) is 1.87. The number of likely N-dealkylation sites (tertiary alicyclic amines) is 1. The summed E-state index contributed by atoms with van der Waals surface area (Å²) in [4.78, 5) is 25.4. The molecule has 0 unspecified atom stereocenters. The van der Waals surface area contributed by atoms with E-state index in [0.29, 0.717) is 11.6 Å². The number of hydrogen-bond donors (Lipinski definition) is 2. The Bertz CT molecular complexity index is 887. The predicted molar refractivity (Wildman–Crippen MR) is 107 cm³/mol. The summed E-state index contributed by atoms with van der Waals surface area (Å²) in [6.45, 7) is 6.37. The highest BCUT2D eigenvalue weighted by atomic mass is 19.1. The zero-order valence-corrected chi connectivity index (χ0v) is 16.4. The van der Waals surface area contributed by atoms with Crippen LogP contribution in [-0.2, 0) is 11.3 Å². The molecule has 148 valence electrons. The Hall–Kier alpha value is -2.74. The van der Waals surface area contributed by atoms with E-state index in [1.54, 1.807) is 0 Å². The van der Waals surface area contributed by atoms with E-state index in [1.807, 2.05) is 37.9 Å². The lowest BCUT2D eigenvalue weighted by Crippen LogP contribution is -2.45. The number of hydrogen-bond acceptors (Lipinski definition) is 6. The third kappa shape index (κ3) is 3.64. The van der Waals surface area contributed by atoms with Gasteiger partial charge in [0.25, 0.3) is 0 Å². The van der Waals surface area contributed by atoms with Crippen LogP contribution < -0.4 is 15.5 Å². The van der Waals surface area contributed by atoms with Crippen molar-refractivity contribution in [1.82, 2.24) is 14.9 Å². The first-order valence-electron chi connectivity index (χ1n) is 9.56. The molecule has 2 aromatic rings. The fourth-order valence-electron chi connectivity index (χ4n) is 3.74. The molecule has 3 heterocycles. The molecule has 0 bridgehead atoms. The molecule has 2 aliphatic heterocycles. The number of carbonyl (C=O) groups is 1. The van der Waals surface area contributed by atoms with Crippen LogP contribution in [0.4, 0.5) is 21.8 Å². The Morgan fingerprint density at radius 1 is 1.29 bits per heavy atom. The van der Waals surface area contributed by atoms with Crippen molar-refractivity contribution in [2.24, 2.45) is 0 Å². The lowest BCUT2D eigenvalue weighted by molar-refractivity contribution is -0.117. The monoisotopic (exact) mass is 384 g/mol. The first-order chi connectivity index (χ1) is 13.4. The first-order valence-corrected chi connectivity index (χ1v) is 9.56. The first kappa shape index (κ1) is 18.6. The maximum Gasteiger partial charge on any atom is 0.246 e. The largest absolute Gasteiger partial charge is 0.350 e. The van der Waals surface area contributed by atoms with Gasteiger partial charge in [-0.2, -0.15) is 4.98 Å². The Morgan fingerprint density at radius 3 is 2.79 bits per heavy atom. The Kier molecular flexibility index (Phi) is 4.89. The number of halogens is 1. The Balaban J connectivity index is 1.43. The highest BCUT2D eigenvalue weighted by Gasteiger charge is 2.31. The molecule has 0 radical (unpaired) electrons. The second-order valence-corrected chi connectivity index (χ2v) is 7.60. The fraction of sp³-hybridized carbons (Fsp3) is 0.450. The molecule has 0 saturated carbocycles. The van der Waals surface area contributed by atoms with Crippen molar-refractivity contribution in [3.05, 3.63) is 41.3 Å². The predicted octanol–water partition coefficient (Wildman–Crippen LogP) is 2.39.